The molecule has 0 radical (unpaired) electrons. The van der Waals surface area contributed by atoms with Crippen LogP contribution in [0.5, 0.6) is 0 Å². The normalized spacial score (nSPS) is 11.2. The Morgan fingerprint density at radius 3 is 2.00 bits per heavy atom. The van der Waals surface area contributed by atoms with Crippen LogP contribution in [0.1, 0.15) is 22.0 Å². The number of carbonyl (C=O) groups is 1. The van der Waals surface area contributed by atoms with Crippen LogP contribution in [0.15, 0.2) is 91.3 Å². The summed E-state index contributed by atoms with van der Waals surface area (Å²) in [5, 5.41) is 0. The van der Waals surface area contributed by atoms with Gasteiger partial charge in [-0.15, -0.1) is 0 Å². The third kappa shape index (κ3) is 4.77. The first-order valence-electron chi connectivity index (χ1n) is 7.58. The van der Waals surface area contributed by atoms with Gasteiger partial charge in [-0.05, 0) is 17.7 Å². The maximum Gasteiger partial charge on any atom is 0.338 e. The molecule has 1 atom stereocenters. The Morgan fingerprint density at radius 2 is 1.38 bits per heavy atom. The molecule has 2 aromatic carbocycles. The number of esters is 1. The number of nitrogens with zero attached hydrogens (tertiary/aromatic N) is 1. The Bertz CT molecular complexity index is 748. The van der Waals surface area contributed by atoms with Gasteiger partial charge in [0.05, 0.1) is 5.56 Å². The molecule has 0 spiro atoms. The first-order valence-corrected chi connectivity index (χ1v) is 7.58. The van der Waals surface area contributed by atoms with Gasteiger partial charge in [-0.25, -0.2) is 9.36 Å². The zero-order chi connectivity index (χ0) is 15.9. The highest BCUT2D eigenvalue weighted by Crippen LogP contribution is 2.19. The number of carbonyl (C=O) groups excluding carboxylic acids is 1. The van der Waals surface area contributed by atoms with Gasteiger partial charge in [0.1, 0.15) is 0 Å². The van der Waals surface area contributed by atoms with Gasteiger partial charge in [0.25, 0.3) is 0 Å². The number of pyridine rings is 1. The number of hydrogen-bond acceptors (Lipinski definition) is 2. The van der Waals surface area contributed by atoms with Crippen molar-refractivity contribution in [2.24, 2.45) is 0 Å². The third-order valence-electron chi connectivity index (χ3n) is 3.58. The van der Waals surface area contributed by atoms with Gasteiger partial charge in [0.15, 0.2) is 25.0 Å². The molecular weight excluding hydrogens is 366 g/mol. The van der Waals surface area contributed by atoms with E-state index < -0.39 is 0 Å². The largest absolute Gasteiger partial charge is 1.00 e. The van der Waals surface area contributed by atoms with Gasteiger partial charge in [0, 0.05) is 12.1 Å². The van der Waals surface area contributed by atoms with Crippen molar-refractivity contribution in [1.82, 2.24) is 0 Å². The van der Waals surface area contributed by atoms with Crippen LogP contribution in [0, 0.1) is 0 Å². The van der Waals surface area contributed by atoms with Crippen molar-refractivity contribution in [2.45, 2.75) is 12.6 Å². The van der Waals surface area contributed by atoms with E-state index in [1.165, 1.54) is 0 Å². The van der Waals surface area contributed by atoms with Crippen molar-refractivity contribution in [2.75, 3.05) is 0 Å². The third-order valence-corrected chi connectivity index (χ3v) is 3.58. The van der Waals surface area contributed by atoms with Crippen molar-refractivity contribution in [3.8, 4) is 0 Å². The van der Waals surface area contributed by atoms with Gasteiger partial charge < -0.3 is 21.7 Å². The highest BCUT2D eigenvalue weighted by atomic mass is 79.9. The molecule has 122 valence electrons. The van der Waals surface area contributed by atoms with Crippen LogP contribution in [-0.2, 0) is 11.3 Å². The van der Waals surface area contributed by atoms with E-state index in [2.05, 4.69) is 0 Å². The molecule has 3 rings (SSSR count). The monoisotopic (exact) mass is 383 g/mol. The standard InChI is InChI=1S/C20H18NO2.BrH/c22-20(18-12-6-2-7-13-18)23-19(17-10-4-1-5-11-17)16-21-14-8-3-9-15-21;/h1-15,19H,16H2;1H/q+1;/p-1. The Hall–Kier alpha value is -2.46. The van der Waals surface area contributed by atoms with Crippen molar-refractivity contribution < 1.29 is 31.1 Å². The second-order valence-electron chi connectivity index (χ2n) is 5.24. The summed E-state index contributed by atoms with van der Waals surface area (Å²) in [5.74, 6) is -0.309. The molecule has 0 aliphatic heterocycles. The number of ether oxygens (including phenoxy) is 1. The first kappa shape index (κ1) is 17.9. The van der Waals surface area contributed by atoms with Gasteiger partial charge in [-0.3, -0.25) is 0 Å². The fraction of sp³-hybridized carbons (Fsp3) is 0.100. The number of halogens is 1. The summed E-state index contributed by atoms with van der Waals surface area (Å²) in [6.07, 6.45) is 3.59. The average Bonchev–Trinajstić information content (AvgIpc) is 2.63. The molecule has 0 aliphatic carbocycles. The Balaban J connectivity index is 0.00000208. The number of rotatable bonds is 5. The van der Waals surface area contributed by atoms with E-state index in [1.807, 2.05) is 83.7 Å². The molecule has 0 saturated carbocycles. The summed E-state index contributed by atoms with van der Waals surface area (Å²) in [7, 11) is 0. The lowest BCUT2D eigenvalue weighted by atomic mass is 10.1. The zero-order valence-electron chi connectivity index (χ0n) is 13.1. The van der Waals surface area contributed by atoms with Crippen LogP contribution in [0.25, 0.3) is 0 Å². The molecule has 0 amide bonds. The summed E-state index contributed by atoms with van der Waals surface area (Å²) in [4.78, 5) is 12.4. The lowest BCUT2D eigenvalue weighted by molar-refractivity contribution is -0.704. The van der Waals surface area contributed by atoms with Crippen LogP contribution < -0.4 is 21.5 Å². The number of aromatic nitrogens is 1. The highest BCUT2D eigenvalue weighted by Gasteiger charge is 2.21. The first-order chi connectivity index (χ1) is 11.3. The summed E-state index contributed by atoms with van der Waals surface area (Å²) in [6, 6.07) is 24.8. The molecule has 0 bridgehead atoms. The molecule has 1 aromatic heterocycles. The van der Waals surface area contributed by atoms with Gasteiger partial charge in [0.2, 0.25) is 0 Å². The van der Waals surface area contributed by atoms with Crippen LogP contribution in [0.3, 0.4) is 0 Å². The predicted molar refractivity (Wildman–Crippen MR) is 87.7 cm³/mol. The van der Waals surface area contributed by atoms with Crippen molar-refractivity contribution in [3.63, 3.8) is 0 Å². The summed E-state index contributed by atoms with van der Waals surface area (Å²) in [5.41, 5.74) is 1.54. The fourth-order valence-corrected chi connectivity index (χ4v) is 2.40. The maximum atomic E-state index is 12.4. The number of hydrogen-bond donors (Lipinski definition) is 0. The van der Waals surface area contributed by atoms with Crippen molar-refractivity contribution in [3.05, 3.63) is 102 Å². The molecule has 4 heteroatoms. The van der Waals surface area contributed by atoms with Crippen LogP contribution in [0.4, 0.5) is 0 Å². The number of benzene rings is 2. The lowest BCUT2D eigenvalue weighted by Gasteiger charge is -2.15. The minimum atomic E-state index is -0.337. The average molecular weight is 384 g/mol. The quantitative estimate of drug-likeness (QED) is 0.476. The van der Waals surface area contributed by atoms with E-state index in [-0.39, 0.29) is 29.1 Å². The van der Waals surface area contributed by atoms with Crippen LogP contribution in [-0.4, -0.2) is 5.97 Å². The molecule has 3 nitrogen and oxygen atoms in total. The molecule has 1 heterocycles. The summed E-state index contributed by atoms with van der Waals surface area (Å²) < 4.78 is 7.78. The summed E-state index contributed by atoms with van der Waals surface area (Å²) >= 11 is 0. The van der Waals surface area contributed by atoms with Gasteiger partial charge >= 0.3 is 5.97 Å². The van der Waals surface area contributed by atoms with Gasteiger partial charge in [-0.2, -0.15) is 0 Å². The van der Waals surface area contributed by atoms with Crippen molar-refractivity contribution >= 4 is 5.97 Å². The van der Waals surface area contributed by atoms with Crippen LogP contribution in [0.2, 0.25) is 0 Å². The van der Waals surface area contributed by atoms with E-state index in [0.717, 1.165) is 5.56 Å². The molecular formula is C20H18BrNO2. The van der Waals surface area contributed by atoms with E-state index in [1.54, 1.807) is 12.1 Å². The molecule has 0 saturated heterocycles. The maximum absolute atomic E-state index is 12.4. The highest BCUT2D eigenvalue weighted by molar-refractivity contribution is 5.89. The van der Waals surface area contributed by atoms with E-state index in [4.69, 9.17) is 4.74 Å². The summed E-state index contributed by atoms with van der Waals surface area (Å²) in [6.45, 7) is 0.573. The topological polar surface area (TPSA) is 30.2 Å². The fourth-order valence-electron chi connectivity index (χ4n) is 2.40. The predicted octanol–water partition coefficient (Wildman–Crippen LogP) is 0.576. The molecule has 24 heavy (non-hydrogen) atoms. The van der Waals surface area contributed by atoms with Gasteiger partial charge in [-0.1, -0.05) is 54.6 Å². The molecule has 3 aromatic rings. The molecule has 0 aliphatic rings. The Labute approximate surface area is 152 Å². The Kier molecular flexibility index (Phi) is 6.70. The van der Waals surface area contributed by atoms with Crippen molar-refractivity contribution in [1.29, 1.82) is 0 Å². The van der Waals surface area contributed by atoms with E-state index >= 15 is 0 Å². The SMILES string of the molecule is O=C(OC(C[n+]1ccccc1)c1ccccc1)c1ccccc1.[Br-]. The van der Waals surface area contributed by atoms with Crippen LogP contribution >= 0.6 is 0 Å². The zero-order valence-corrected chi connectivity index (χ0v) is 14.7. The molecule has 1 unspecified atom stereocenters. The van der Waals surface area contributed by atoms with E-state index in [9.17, 15) is 4.79 Å². The Morgan fingerprint density at radius 1 is 0.833 bits per heavy atom. The molecule has 0 fully saturated rings. The molecule has 0 N–H and O–H groups in total. The second kappa shape index (κ2) is 8.99. The minimum Gasteiger partial charge on any atom is -1.00 e. The second-order valence-corrected chi connectivity index (χ2v) is 5.24. The lowest BCUT2D eigenvalue weighted by Crippen LogP contribution is -3.00. The van der Waals surface area contributed by atoms with E-state index in [0.29, 0.717) is 12.1 Å². The minimum absolute atomic E-state index is 0. The smallest absolute Gasteiger partial charge is 0.338 e.